The van der Waals surface area contributed by atoms with Crippen molar-refractivity contribution in [3.8, 4) is 0 Å². The number of carbonyl (C=O) groups excluding carboxylic acids is 2. The van der Waals surface area contributed by atoms with E-state index in [1.165, 1.54) is 0 Å². The Morgan fingerprint density at radius 3 is 2.23 bits per heavy atom. The molecule has 1 fully saturated rings. The van der Waals surface area contributed by atoms with E-state index in [9.17, 15) is 14.4 Å². The van der Waals surface area contributed by atoms with E-state index >= 15 is 0 Å². The first-order valence-corrected chi connectivity index (χ1v) is 8.87. The van der Waals surface area contributed by atoms with Crippen molar-refractivity contribution in [3.63, 3.8) is 0 Å². The second-order valence-electron chi connectivity index (χ2n) is 7.73. The number of amides is 3. The molecule has 3 amide bonds. The first kappa shape index (κ1) is 19.8. The summed E-state index contributed by atoms with van der Waals surface area (Å²) < 4.78 is 0. The van der Waals surface area contributed by atoms with Crippen LogP contribution in [-0.2, 0) is 4.79 Å². The van der Waals surface area contributed by atoms with E-state index < -0.39 is 5.97 Å². The Morgan fingerprint density at radius 1 is 1.04 bits per heavy atom. The van der Waals surface area contributed by atoms with Crippen molar-refractivity contribution in [1.82, 2.24) is 10.6 Å². The van der Waals surface area contributed by atoms with Gasteiger partial charge in [0.2, 0.25) is 0 Å². The molecule has 0 saturated heterocycles. The lowest BCUT2D eigenvalue weighted by Crippen LogP contribution is -2.42. The van der Waals surface area contributed by atoms with Crippen molar-refractivity contribution in [2.24, 2.45) is 5.92 Å². The molecule has 26 heavy (non-hydrogen) atoms. The topological polar surface area (TPSA) is 108 Å². The summed E-state index contributed by atoms with van der Waals surface area (Å²) in [5.41, 5.74) is 0.452. The number of para-hydroxylation sites is 1. The number of aliphatic carboxylic acids is 1. The highest BCUT2D eigenvalue weighted by Crippen LogP contribution is 2.24. The number of nitrogens with one attached hydrogen (secondary N) is 3. The van der Waals surface area contributed by atoms with Crippen LogP contribution in [0.4, 0.5) is 10.5 Å². The van der Waals surface area contributed by atoms with Crippen LogP contribution in [0.1, 0.15) is 56.8 Å². The predicted molar refractivity (Wildman–Crippen MR) is 99.2 cm³/mol. The van der Waals surface area contributed by atoms with Gasteiger partial charge in [-0.3, -0.25) is 9.59 Å². The molecule has 1 aromatic rings. The van der Waals surface area contributed by atoms with Gasteiger partial charge in [-0.05, 0) is 58.6 Å². The van der Waals surface area contributed by atoms with E-state index in [-0.39, 0.29) is 29.4 Å². The fourth-order valence-corrected chi connectivity index (χ4v) is 3.03. The van der Waals surface area contributed by atoms with Crippen LogP contribution in [-0.4, -0.2) is 34.6 Å². The number of hydrogen-bond acceptors (Lipinski definition) is 3. The van der Waals surface area contributed by atoms with Crippen molar-refractivity contribution < 1.29 is 19.5 Å². The summed E-state index contributed by atoms with van der Waals surface area (Å²) >= 11 is 0. The number of anilines is 1. The van der Waals surface area contributed by atoms with Crippen LogP contribution in [0.15, 0.2) is 24.3 Å². The first-order chi connectivity index (χ1) is 12.2. The number of urea groups is 1. The maximum Gasteiger partial charge on any atom is 0.319 e. The van der Waals surface area contributed by atoms with Gasteiger partial charge in [-0.1, -0.05) is 12.1 Å². The standard InChI is InChI=1S/C19H27N3O4/c1-19(2,3)22-16(23)14-6-4-5-7-15(14)21-18(26)20-13-10-8-12(9-11-13)17(24)25/h4-7,12-13H,8-11H2,1-3H3,(H,22,23)(H,24,25)(H2,20,21,26). The van der Waals surface area contributed by atoms with Gasteiger partial charge in [-0.25, -0.2) is 4.79 Å². The monoisotopic (exact) mass is 361 g/mol. The van der Waals surface area contributed by atoms with Crippen LogP contribution < -0.4 is 16.0 Å². The summed E-state index contributed by atoms with van der Waals surface area (Å²) in [5, 5.41) is 17.5. The third kappa shape index (κ3) is 5.75. The van der Waals surface area contributed by atoms with Gasteiger partial charge in [-0.15, -0.1) is 0 Å². The minimum absolute atomic E-state index is 0.0545. The van der Waals surface area contributed by atoms with Gasteiger partial charge in [0, 0.05) is 11.6 Å². The van der Waals surface area contributed by atoms with E-state index in [0.717, 1.165) is 0 Å². The molecule has 0 atom stereocenters. The summed E-state index contributed by atoms with van der Waals surface area (Å²) in [6, 6.07) is 6.39. The van der Waals surface area contributed by atoms with Crippen LogP contribution in [0.3, 0.4) is 0 Å². The summed E-state index contributed by atoms with van der Waals surface area (Å²) in [6.07, 6.45) is 2.39. The van der Waals surface area contributed by atoms with Gasteiger partial charge < -0.3 is 21.1 Å². The lowest BCUT2D eigenvalue weighted by molar-refractivity contribution is -0.142. The van der Waals surface area contributed by atoms with Crippen LogP contribution in [0.25, 0.3) is 0 Å². The lowest BCUT2D eigenvalue weighted by Gasteiger charge is -2.27. The van der Waals surface area contributed by atoms with Gasteiger partial charge in [0.1, 0.15) is 0 Å². The third-order valence-corrected chi connectivity index (χ3v) is 4.32. The van der Waals surface area contributed by atoms with E-state index in [0.29, 0.717) is 36.9 Å². The summed E-state index contributed by atoms with van der Waals surface area (Å²) in [6.45, 7) is 5.67. The Hall–Kier alpha value is -2.57. The van der Waals surface area contributed by atoms with Gasteiger partial charge in [-0.2, -0.15) is 0 Å². The molecular weight excluding hydrogens is 334 g/mol. The fraction of sp³-hybridized carbons (Fsp3) is 0.526. The summed E-state index contributed by atoms with van der Waals surface area (Å²) in [4.78, 5) is 35.7. The van der Waals surface area contributed by atoms with E-state index in [2.05, 4.69) is 16.0 Å². The van der Waals surface area contributed by atoms with Crippen molar-refractivity contribution in [1.29, 1.82) is 0 Å². The highest BCUT2D eigenvalue weighted by molar-refractivity contribution is 6.03. The normalized spacial score (nSPS) is 20.1. The average Bonchev–Trinajstić information content (AvgIpc) is 2.54. The lowest BCUT2D eigenvalue weighted by atomic mass is 9.86. The first-order valence-electron chi connectivity index (χ1n) is 8.87. The molecule has 7 nitrogen and oxygen atoms in total. The molecule has 1 aromatic carbocycles. The third-order valence-electron chi connectivity index (χ3n) is 4.32. The van der Waals surface area contributed by atoms with E-state index in [1.54, 1.807) is 24.3 Å². The minimum atomic E-state index is -0.772. The Morgan fingerprint density at radius 2 is 1.65 bits per heavy atom. The molecule has 2 rings (SSSR count). The van der Waals surface area contributed by atoms with Gasteiger partial charge in [0.05, 0.1) is 17.2 Å². The minimum Gasteiger partial charge on any atom is -0.481 e. The van der Waals surface area contributed by atoms with Crippen LogP contribution in [0.2, 0.25) is 0 Å². The highest BCUT2D eigenvalue weighted by atomic mass is 16.4. The largest absolute Gasteiger partial charge is 0.481 e. The molecule has 142 valence electrons. The van der Waals surface area contributed by atoms with Crippen molar-refractivity contribution >= 4 is 23.6 Å². The fourth-order valence-electron chi connectivity index (χ4n) is 3.03. The number of carbonyl (C=O) groups is 3. The van der Waals surface area contributed by atoms with E-state index in [4.69, 9.17) is 5.11 Å². The van der Waals surface area contributed by atoms with Crippen LogP contribution >= 0.6 is 0 Å². The van der Waals surface area contributed by atoms with Crippen molar-refractivity contribution in [2.75, 3.05) is 5.32 Å². The summed E-state index contributed by atoms with van der Waals surface area (Å²) in [5.74, 6) is -1.35. The number of benzene rings is 1. The number of carboxylic acids is 1. The van der Waals surface area contributed by atoms with Crippen molar-refractivity contribution in [2.45, 2.75) is 58.0 Å². The molecule has 0 heterocycles. The smallest absolute Gasteiger partial charge is 0.319 e. The maximum atomic E-state index is 12.4. The van der Waals surface area contributed by atoms with Crippen molar-refractivity contribution in [3.05, 3.63) is 29.8 Å². The average molecular weight is 361 g/mol. The van der Waals surface area contributed by atoms with E-state index in [1.807, 2.05) is 20.8 Å². The van der Waals surface area contributed by atoms with Crippen LogP contribution in [0.5, 0.6) is 0 Å². The SMILES string of the molecule is CC(C)(C)NC(=O)c1ccccc1NC(=O)NC1CCC(C(=O)O)CC1. The zero-order valence-corrected chi connectivity index (χ0v) is 15.5. The molecule has 0 spiro atoms. The Balaban J connectivity index is 1.95. The van der Waals surface area contributed by atoms with Crippen LogP contribution in [0, 0.1) is 5.92 Å². The number of rotatable bonds is 4. The second-order valence-corrected chi connectivity index (χ2v) is 7.73. The molecule has 0 bridgehead atoms. The molecule has 1 aliphatic carbocycles. The van der Waals surface area contributed by atoms with Gasteiger partial charge >= 0.3 is 12.0 Å². The Labute approximate surface area is 153 Å². The number of carboxylic acid groups (broad SMARTS) is 1. The van der Waals surface area contributed by atoms with Gasteiger partial charge in [0.25, 0.3) is 5.91 Å². The maximum absolute atomic E-state index is 12.4. The zero-order valence-electron chi connectivity index (χ0n) is 15.5. The molecule has 7 heteroatoms. The molecule has 0 unspecified atom stereocenters. The Bertz CT molecular complexity index is 674. The molecule has 0 aliphatic heterocycles. The Kier molecular flexibility index (Phi) is 6.23. The molecule has 0 radical (unpaired) electrons. The molecule has 1 saturated carbocycles. The quantitative estimate of drug-likeness (QED) is 0.661. The summed E-state index contributed by atoms with van der Waals surface area (Å²) in [7, 11) is 0. The van der Waals surface area contributed by atoms with Gasteiger partial charge in [0.15, 0.2) is 0 Å². The molecule has 4 N–H and O–H groups in total. The predicted octanol–water partition coefficient (Wildman–Crippen LogP) is 2.98. The molecular formula is C19H27N3O4. The highest BCUT2D eigenvalue weighted by Gasteiger charge is 2.27. The zero-order chi connectivity index (χ0) is 19.3. The number of hydrogen-bond donors (Lipinski definition) is 4. The second kappa shape index (κ2) is 8.21. The molecule has 1 aliphatic rings. The molecule has 0 aromatic heterocycles.